The molecule has 4 heterocycles. The van der Waals surface area contributed by atoms with Crippen molar-refractivity contribution in [2.24, 2.45) is 36.1 Å². The number of thiophene rings is 1. The number of carbonyl (C=O) groups excluding carboxylic acids is 4. The predicted molar refractivity (Wildman–Crippen MR) is 186 cm³/mol. The molecule has 3 fully saturated rings. The summed E-state index contributed by atoms with van der Waals surface area (Å²) in [6, 6.07) is 10.7. The minimum absolute atomic E-state index is 0.0302. The van der Waals surface area contributed by atoms with Crippen LogP contribution in [0, 0.1) is 36.0 Å². The zero-order chi connectivity index (χ0) is 34.8. The number of phenols is 1. The normalized spacial score (nSPS) is 27.9. The fourth-order valence-corrected chi connectivity index (χ4v) is 10.4. The summed E-state index contributed by atoms with van der Waals surface area (Å²) in [7, 11) is 4.61. The zero-order valence-corrected chi connectivity index (χ0v) is 29.6. The Morgan fingerprint density at radius 3 is 2.51 bits per heavy atom. The number of amides is 4. The lowest BCUT2D eigenvalue weighted by atomic mass is 9.51. The van der Waals surface area contributed by atoms with Gasteiger partial charge in [0.05, 0.1) is 40.2 Å². The molecule has 2 aromatic heterocycles. The molecule has 2 saturated heterocycles. The van der Waals surface area contributed by atoms with E-state index in [1.54, 1.807) is 48.2 Å². The van der Waals surface area contributed by atoms with Crippen LogP contribution in [0.25, 0.3) is 20.7 Å². The summed E-state index contributed by atoms with van der Waals surface area (Å²) in [5.41, 5.74) is 1.70. The number of imide groups is 2. The lowest BCUT2D eigenvalue weighted by Crippen LogP contribution is -2.48. The van der Waals surface area contributed by atoms with Gasteiger partial charge >= 0.3 is 0 Å². The van der Waals surface area contributed by atoms with Gasteiger partial charge in [0.2, 0.25) is 23.6 Å². The van der Waals surface area contributed by atoms with E-state index in [0.29, 0.717) is 28.5 Å². The van der Waals surface area contributed by atoms with Crippen LogP contribution in [0.15, 0.2) is 48.0 Å². The quantitative estimate of drug-likeness (QED) is 0.189. The molecule has 2 aliphatic carbocycles. The lowest BCUT2D eigenvalue weighted by Gasteiger charge is -2.49. The maximum atomic E-state index is 15.0. The first kappa shape index (κ1) is 32.0. The van der Waals surface area contributed by atoms with Gasteiger partial charge in [-0.3, -0.25) is 28.8 Å². The topological polar surface area (TPSA) is 122 Å². The second-order valence-corrected chi connectivity index (χ2v) is 15.6. The summed E-state index contributed by atoms with van der Waals surface area (Å²) in [5, 5.41) is 17.0. The number of anilines is 1. The van der Waals surface area contributed by atoms with Gasteiger partial charge in [-0.05, 0) is 79.5 Å². The van der Waals surface area contributed by atoms with Gasteiger partial charge in [-0.25, -0.2) is 4.90 Å². The summed E-state index contributed by atoms with van der Waals surface area (Å²) in [5.74, 6) is -4.28. The van der Waals surface area contributed by atoms with Crippen molar-refractivity contribution in [3.05, 3.63) is 69.2 Å². The van der Waals surface area contributed by atoms with E-state index < -0.39 is 46.8 Å². The first-order valence-corrected chi connectivity index (χ1v) is 17.5. The summed E-state index contributed by atoms with van der Waals surface area (Å²) in [6.07, 6.45) is 2.52. The largest absolute Gasteiger partial charge is 0.503 e. The molecule has 1 saturated carbocycles. The van der Waals surface area contributed by atoms with Gasteiger partial charge in [-0.15, -0.1) is 11.3 Å². The van der Waals surface area contributed by atoms with Crippen LogP contribution in [-0.4, -0.2) is 57.6 Å². The van der Waals surface area contributed by atoms with Crippen molar-refractivity contribution in [2.45, 2.75) is 32.6 Å². The molecule has 13 heteroatoms. The highest BCUT2D eigenvalue weighted by Gasteiger charge is 2.67. The van der Waals surface area contributed by atoms with E-state index in [0.717, 1.165) is 26.1 Å². The number of rotatable bonds is 4. The molecule has 4 amide bonds. The summed E-state index contributed by atoms with van der Waals surface area (Å²) in [4.78, 5) is 59.6. The van der Waals surface area contributed by atoms with Crippen molar-refractivity contribution < 1.29 is 29.0 Å². The van der Waals surface area contributed by atoms with Gasteiger partial charge in [-0.1, -0.05) is 34.9 Å². The third kappa shape index (κ3) is 4.28. The molecule has 252 valence electrons. The fraction of sp³-hybridized carbons (Fsp3) is 0.361. The number of allylic oxidation sites excluding steroid dienone is 2. The van der Waals surface area contributed by atoms with Crippen molar-refractivity contribution in [1.82, 2.24) is 14.7 Å². The van der Waals surface area contributed by atoms with E-state index >= 15 is 0 Å². The third-order valence-electron chi connectivity index (χ3n) is 11.3. The Morgan fingerprint density at radius 2 is 1.78 bits per heavy atom. The molecule has 49 heavy (non-hydrogen) atoms. The summed E-state index contributed by atoms with van der Waals surface area (Å²) in [6.45, 7) is 3.79. The highest BCUT2D eigenvalue weighted by Crippen LogP contribution is 2.64. The molecule has 2 aromatic carbocycles. The minimum atomic E-state index is -1.30. The maximum Gasteiger partial charge on any atom is 0.242 e. The number of hydrogen-bond acceptors (Lipinski definition) is 8. The van der Waals surface area contributed by atoms with Gasteiger partial charge in [0.1, 0.15) is 11.5 Å². The molecule has 0 radical (unpaired) electrons. The van der Waals surface area contributed by atoms with Gasteiger partial charge in [-0.2, -0.15) is 5.10 Å². The van der Waals surface area contributed by atoms with Crippen molar-refractivity contribution in [3.8, 4) is 22.1 Å². The van der Waals surface area contributed by atoms with Gasteiger partial charge < -0.3 is 9.84 Å². The fourth-order valence-electron chi connectivity index (χ4n) is 8.90. The Bertz CT molecular complexity index is 2210. The Kier molecular flexibility index (Phi) is 7.13. The van der Waals surface area contributed by atoms with Crippen molar-refractivity contribution in [3.63, 3.8) is 0 Å². The van der Waals surface area contributed by atoms with Crippen molar-refractivity contribution in [1.29, 1.82) is 0 Å². The van der Waals surface area contributed by atoms with Crippen LogP contribution >= 0.6 is 34.5 Å². The van der Waals surface area contributed by atoms with Gasteiger partial charge in [0, 0.05) is 35.8 Å². The molecule has 10 nitrogen and oxygen atoms in total. The zero-order valence-electron chi connectivity index (χ0n) is 27.3. The Balaban J connectivity index is 1.28. The van der Waals surface area contributed by atoms with E-state index in [4.69, 9.17) is 33.0 Å². The number of likely N-dealkylation sites (tertiary alicyclic amines) is 1. The number of methoxy groups -OCH3 is 1. The van der Waals surface area contributed by atoms with E-state index in [1.807, 2.05) is 31.2 Å². The molecule has 0 bridgehead atoms. The van der Waals surface area contributed by atoms with Crippen molar-refractivity contribution in [2.75, 3.05) is 19.1 Å². The van der Waals surface area contributed by atoms with Crippen LogP contribution in [0.3, 0.4) is 0 Å². The number of hydrogen-bond donors (Lipinski definition) is 1. The van der Waals surface area contributed by atoms with Crippen LogP contribution < -0.4 is 9.64 Å². The van der Waals surface area contributed by atoms with Crippen molar-refractivity contribution >= 4 is 74.1 Å². The standard InChI is InChI=1S/C36H32Cl2N4O6S/c1-15-20-12-17(37)6-9-26(20)49-31(15)24-14-27(41(4)39-24)42-33(45)22-13-21-18(7-8-19-28(21)34(46)40(3)32(19)44)29(36(22,2)35(42)47)16-10-23(38)30(43)25(11-16)48-5/h6-7,9-12,14,19,21-22,28-29,43H,8,13H2,1-5H3. The Morgan fingerprint density at radius 1 is 1.02 bits per heavy atom. The predicted octanol–water partition coefficient (Wildman–Crippen LogP) is 6.49. The molecule has 4 aromatic rings. The number of carbonyl (C=O) groups is 4. The summed E-state index contributed by atoms with van der Waals surface area (Å²) >= 11 is 14.4. The number of aryl methyl sites for hydroxylation is 2. The van der Waals surface area contributed by atoms with Crippen LogP contribution in [0.1, 0.15) is 36.8 Å². The van der Waals surface area contributed by atoms with E-state index in [2.05, 4.69) is 0 Å². The number of nitrogens with zero attached hydrogens (tertiary/aromatic N) is 4. The number of aromatic hydroxyl groups is 1. The lowest BCUT2D eigenvalue weighted by molar-refractivity contribution is -0.138. The highest BCUT2D eigenvalue weighted by molar-refractivity contribution is 7.22. The number of ether oxygens (including phenoxy) is 1. The molecule has 1 N–H and O–H groups in total. The number of phenolic OH excluding ortho intramolecular Hbond substituents is 1. The minimum Gasteiger partial charge on any atom is -0.503 e. The second kappa shape index (κ2) is 10.9. The molecule has 6 unspecified atom stereocenters. The number of aromatic nitrogens is 2. The molecule has 8 rings (SSSR count). The Hall–Kier alpha value is -4.19. The first-order chi connectivity index (χ1) is 23.3. The third-order valence-corrected chi connectivity index (χ3v) is 13.1. The number of fused-ring (bicyclic) bond motifs is 5. The average Bonchev–Trinajstić information content (AvgIpc) is 3.73. The molecular formula is C36H32Cl2N4O6S. The van der Waals surface area contributed by atoms with Gasteiger partial charge in [0.25, 0.3) is 0 Å². The van der Waals surface area contributed by atoms with Crippen LogP contribution in [0.2, 0.25) is 10.0 Å². The first-order valence-electron chi connectivity index (χ1n) is 16.0. The summed E-state index contributed by atoms with van der Waals surface area (Å²) < 4.78 is 8.04. The monoisotopic (exact) mass is 718 g/mol. The molecular weight excluding hydrogens is 687 g/mol. The van der Waals surface area contributed by atoms with Crippen LogP contribution in [0.5, 0.6) is 11.5 Å². The molecule has 4 aliphatic rings. The van der Waals surface area contributed by atoms with Crippen LogP contribution in [0.4, 0.5) is 5.82 Å². The van der Waals surface area contributed by atoms with Gasteiger partial charge in [0.15, 0.2) is 11.5 Å². The van der Waals surface area contributed by atoms with E-state index in [1.165, 1.54) is 24.0 Å². The van der Waals surface area contributed by atoms with E-state index in [-0.39, 0.29) is 34.8 Å². The average molecular weight is 720 g/mol. The second-order valence-electron chi connectivity index (χ2n) is 13.7. The maximum absolute atomic E-state index is 15.0. The molecule has 2 aliphatic heterocycles. The van der Waals surface area contributed by atoms with E-state index in [9.17, 15) is 24.3 Å². The smallest absolute Gasteiger partial charge is 0.242 e. The number of halogens is 2. The Labute approximate surface area is 295 Å². The molecule has 0 spiro atoms. The van der Waals surface area contributed by atoms with Crippen LogP contribution in [-0.2, 0) is 26.2 Å². The SMILES string of the molecule is COc1cc(C2C3=CCC4C(=O)N(C)C(=O)C4C3CC3C(=O)N(c4cc(-c5sc6ccc(Cl)cc6c5C)nn4C)C(=O)C32C)cc(Cl)c1O. The molecule has 6 atom stereocenters. The number of benzene rings is 2. The highest BCUT2D eigenvalue weighted by atomic mass is 35.5.